The highest BCUT2D eigenvalue weighted by molar-refractivity contribution is 6.06. The van der Waals surface area contributed by atoms with Crippen molar-refractivity contribution in [3.63, 3.8) is 0 Å². The molecule has 1 aromatic rings. The van der Waals surface area contributed by atoms with Crippen molar-refractivity contribution >= 4 is 11.5 Å². The first-order valence-electron chi connectivity index (χ1n) is 6.52. The Bertz CT molecular complexity index is 633. The minimum Gasteiger partial charge on any atom is -0.507 e. The molecule has 1 aliphatic carbocycles. The van der Waals surface area contributed by atoms with E-state index in [2.05, 4.69) is 0 Å². The topological polar surface area (TPSA) is 87.0 Å². The molecule has 0 saturated heterocycles. The lowest BCUT2D eigenvalue weighted by atomic mass is 9.71. The van der Waals surface area contributed by atoms with Gasteiger partial charge in [0.05, 0.1) is 5.57 Å². The quantitative estimate of drug-likeness (QED) is 0.672. The van der Waals surface area contributed by atoms with Gasteiger partial charge in [-0.05, 0) is 25.0 Å². The number of ether oxygens (including phenoxy) is 1. The fourth-order valence-electron chi connectivity index (χ4n) is 3.15. The van der Waals surface area contributed by atoms with Crippen LogP contribution in [0.25, 0.3) is 5.76 Å². The number of aliphatic hydroxyl groups is 2. The largest absolute Gasteiger partial charge is 0.507 e. The zero-order chi connectivity index (χ0) is 14.7. The number of ketones is 1. The molecule has 3 atom stereocenters. The molecule has 0 bridgehead atoms. The molecule has 3 rings (SSSR count). The van der Waals surface area contributed by atoms with Gasteiger partial charge in [-0.15, -0.1) is 0 Å². The van der Waals surface area contributed by atoms with Crippen LogP contribution in [0.4, 0.5) is 0 Å². The van der Waals surface area contributed by atoms with Crippen molar-refractivity contribution in [2.24, 2.45) is 5.92 Å². The molecule has 0 aromatic heterocycles. The number of phenolic OH excluding ortho intramolecular Hbond substituents is 1. The van der Waals surface area contributed by atoms with Crippen LogP contribution in [0.5, 0.6) is 11.5 Å². The van der Waals surface area contributed by atoms with E-state index >= 15 is 0 Å². The Balaban J connectivity index is 2.28. The fraction of sp³-hybridized carbons (Fsp3) is 0.400. The third kappa shape index (κ3) is 1.50. The molecular weight excluding hydrogens is 260 g/mol. The Kier molecular flexibility index (Phi) is 2.59. The molecule has 1 saturated carbocycles. The summed E-state index contributed by atoms with van der Waals surface area (Å²) in [7, 11) is 0. The molecule has 2 aliphatic rings. The van der Waals surface area contributed by atoms with Crippen LogP contribution in [-0.2, 0) is 4.79 Å². The summed E-state index contributed by atoms with van der Waals surface area (Å²) in [5.74, 6) is -0.729. The fourth-order valence-corrected chi connectivity index (χ4v) is 3.15. The van der Waals surface area contributed by atoms with Gasteiger partial charge in [0.25, 0.3) is 0 Å². The van der Waals surface area contributed by atoms with E-state index in [9.17, 15) is 20.1 Å². The van der Waals surface area contributed by atoms with Crippen LogP contribution < -0.4 is 4.74 Å². The average Bonchev–Trinajstić information content (AvgIpc) is 2.35. The van der Waals surface area contributed by atoms with E-state index in [1.165, 1.54) is 6.07 Å². The summed E-state index contributed by atoms with van der Waals surface area (Å²) in [6, 6.07) is 4.58. The number of benzene rings is 1. The van der Waals surface area contributed by atoms with Gasteiger partial charge in [-0.1, -0.05) is 13.0 Å². The van der Waals surface area contributed by atoms with E-state index in [0.29, 0.717) is 0 Å². The van der Waals surface area contributed by atoms with E-state index in [4.69, 9.17) is 4.74 Å². The van der Waals surface area contributed by atoms with E-state index in [1.807, 2.05) is 0 Å². The summed E-state index contributed by atoms with van der Waals surface area (Å²) in [6.45, 7) is 3.35. The maximum Gasteiger partial charge on any atom is 0.167 e. The van der Waals surface area contributed by atoms with Gasteiger partial charge in [0.2, 0.25) is 0 Å². The molecule has 1 fully saturated rings. The Morgan fingerprint density at radius 2 is 2.05 bits per heavy atom. The number of hydrogen-bond donors (Lipinski definition) is 3. The van der Waals surface area contributed by atoms with Gasteiger partial charge in [-0.2, -0.15) is 0 Å². The summed E-state index contributed by atoms with van der Waals surface area (Å²) in [6.07, 6.45) is -0.768. The van der Waals surface area contributed by atoms with Crippen LogP contribution in [0.2, 0.25) is 0 Å². The second kappa shape index (κ2) is 3.99. The number of aliphatic hydroxyl groups excluding tert-OH is 2. The first kappa shape index (κ1) is 13.0. The summed E-state index contributed by atoms with van der Waals surface area (Å²) < 4.78 is 5.78. The van der Waals surface area contributed by atoms with E-state index in [0.717, 1.165) is 0 Å². The zero-order valence-corrected chi connectivity index (χ0v) is 11.3. The lowest BCUT2D eigenvalue weighted by Crippen LogP contribution is -2.57. The molecule has 5 heteroatoms. The molecular formula is C15H16O5. The van der Waals surface area contributed by atoms with Gasteiger partial charge in [0.15, 0.2) is 11.4 Å². The van der Waals surface area contributed by atoms with E-state index in [-0.39, 0.29) is 46.5 Å². The molecule has 106 valence electrons. The SMILES string of the molecule is C[C@@H]1CC(=O)C2=C(O)c3c(O)cccc3O[C@]2(C)[C@H]1O. The average molecular weight is 276 g/mol. The second-order valence-electron chi connectivity index (χ2n) is 5.63. The van der Waals surface area contributed by atoms with Crippen LogP contribution in [0.1, 0.15) is 25.8 Å². The first-order chi connectivity index (χ1) is 9.36. The molecule has 0 spiro atoms. The van der Waals surface area contributed by atoms with Crippen molar-refractivity contribution in [2.45, 2.75) is 32.0 Å². The monoisotopic (exact) mass is 276 g/mol. The summed E-state index contributed by atoms with van der Waals surface area (Å²) in [5, 5.41) is 30.6. The smallest absolute Gasteiger partial charge is 0.167 e. The third-order valence-electron chi connectivity index (χ3n) is 4.19. The predicted molar refractivity (Wildman–Crippen MR) is 71.5 cm³/mol. The molecule has 0 radical (unpaired) electrons. The van der Waals surface area contributed by atoms with Gasteiger partial charge >= 0.3 is 0 Å². The van der Waals surface area contributed by atoms with Crippen molar-refractivity contribution in [3.05, 3.63) is 29.3 Å². The molecule has 20 heavy (non-hydrogen) atoms. The van der Waals surface area contributed by atoms with Gasteiger partial charge < -0.3 is 20.1 Å². The van der Waals surface area contributed by atoms with E-state index < -0.39 is 11.7 Å². The van der Waals surface area contributed by atoms with Crippen LogP contribution >= 0.6 is 0 Å². The number of phenols is 1. The molecule has 0 amide bonds. The third-order valence-corrected chi connectivity index (χ3v) is 4.19. The number of carbonyl (C=O) groups excluding carboxylic acids is 1. The number of aromatic hydroxyl groups is 1. The molecule has 5 nitrogen and oxygen atoms in total. The van der Waals surface area contributed by atoms with Crippen LogP contribution in [0, 0.1) is 5.92 Å². The van der Waals surface area contributed by atoms with Crippen LogP contribution in [0.15, 0.2) is 23.8 Å². The lowest BCUT2D eigenvalue weighted by molar-refractivity contribution is -0.129. The highest BCUT2D eigenvalue weighted by Crippen LogP contribution is 2.48. The maximum absolute atomic E-state index is 12.2. The van der Waals surface area contributed by atoms with Gasteiger partial charge in [0.1, 0.15) is 28.9 Å². The number of carbonyl (C=O) groups is 1. The van der Waals surface area contributed by atoms with Crippen LogP contribution in [0.3, 0.4) is 0 Å². The van der Waals surface area contributed by atoms with Crippen molar-refractivity contribution in [1.29, 1.82) is 0 Å². The van der Waals surface area contributed by atoms with Crippen molar-refractivity contribution in [2.75, 3.05) is 0 Å². The standard InChI is InChI=1S/C15H16O5/c1-7-6-9(17)12-13(18)11-8(16)4-3-5-10(11)20-15(12,2)14(7)19/h3-5,7,14,16,18-19H,6H2,1-2H3/t7-,14+,15+/m1/s1. The van der Waals surface area contributed by atoms with Crippen molar-refractivity contribution in [3.8, 4) is 11.5 Å². The Morgan fingerprint density at radius 3 is 2.75 bits per heavy atom. The molecule has 1 heterocycles. The Morgan fingerprint density at radius 1 is 1.35 bits per heavy atom. The van der Waals surface area contributed by atoms with Gasteiger partial charge in [-0.3, -0.25) is 4.79 Å². The molecule has 0 unspecified atom stereocenters. The highest BCUT2D eigenvalue weighted by atomic mass is 16.5. The Labute approximate surface area is 116 Å². The highest BCUT2D eigenvalue weighted by Gasteiger charge is 2.53. The van der Waals surface area contributed by atoms with Gasteiger partial charge in [0, 0.05) is 6.42 Å². The van der Waals surface area contributed by atoms with E-state index in [1.54, 1.807) is 26.0 Å². The zero-order valence-electron chi connectivity index (χ0n) is 11.3. The number of Topliss-reactive ketones (excluding diaryl/α,β-unsaturated/α-hetero) is 1. The molecule has 1 aromatic carbocycles. The van der Waals surface area contributed by atoms with Crippen molar-refractivity contribution in [1.82, 2.24) is 0 Å². The van der Waals surface area contributed by atoms with Crippen LogP contribution in [-0.4, -0.2) is 32.8 Å². The minimum atomic E-state index is -1.29. The molecule has 3 N–H and O–H groups in total. The second-order valence-corrected chi connectivity index (χ2v) is 5.63. The summed E-state index contributed by atoms with van der Waals surface area (Å²) in [4.78, 5) is 12.2. The number of rotatable bonds is 0. The maximum atomic E-state index is 12.2. The first-order valence-corrected chi connectivity index (χ1v) is 6.52. The normalized spacial score (nSPS) is 32.5. The number of hydrogen-bond acceptors (Lipinski definition) is 5. The number of fused-ring (bicyclic) bond motifs is 2. The molecule has 1 aliphatic heterocycles. The Hall–Kier alpha value is -2.01. The lowest BCUT2D eigenvalue weighted by Gasteiger charge is -2.45. The van der Waals surface area contributed by atoms with Gasteiger partial charge in [-0.25, -0.2) is 0 Å². The minimum absolute atomic E-state index is 0.0390. The summed E-state index contributed by atoms with van der Waals surface area (Å²) in [5.41, 5.74) is -1.15. The van der Waals surface area contributed by atoms with Crippen molar-refractivity contribution < 1.29 is 24.9 Å². The predicted octanol–water partition coefficient (Wildman–Crippen LogP) is 1.78. The summed E-state index contributed by atoms with van der Waals surface area (Å²) >= 11 is 0.